The normalized spacial score (nSPS) is 17.5. The first-order chi connectivity index (χ1) is 5.80. The summed E-state index contributed by atoms with van der Waals surface area (Å²) < 4.78 is 5.54. The van der Waals surface area contributed by atoms with E-state index in [1.54, 1.807) is 0 Å². The zero-order chi connectivity index (χ0) is 10.6. The van der Waals surface area contributed by atoms with Crippen molar-refractivity contribution in [3.05, 3.63) is 0 Å². The number of hydrogen-bond acceptors (Lipinski definition) is 2. The molecule has 0 spiro atoms. The molecular weight excluding hydrogens is 164 g/mol. The molecule has 0 aromatic carbocycles. The second kappa shape index (κ2) is 4.97. The molecular formula is C11H24O2. The highest BCUT2D eigenvalue weighted by Gasteiger charge is 2.32. The molecule has 0 aromatic rings. The molecule has 0 aromatic heterocycles. The molecule has 80 valence electrons. The van der Waals surface area contributed by atoms with E-state index in [4.69, 9.17) is 4.74 Å². The second-order valence-corrected chi connectivity index (χ2v) is 4.97. The summed E-state index contributed by atoms with van der Waals surface area (Å²) in [7, 11) is 0. The Labute approximate surface area is 82.3 Å². The van der Waals surface area contributed by atoms with Crippen LogP contribution in [0.3, 0.4) is 0 Å². The minimum Gasteiger partial charge on any atom is -0.390 e. The van der Waals surface area contributed by atoms with Gasteiger partial charge in [0.25, 0.3) is 0 Å². The van der Waals surface area contributed by atoms with E-state index in [0.717, 1.165) is 0 Å². The standard InChI is InChI=1S/C11H24O2/c1-7-13-9(8(2)3)10(12)11(4,5)6/h8-10,12H,7H2,1-6H3. The van der Waals surface area contributed by atoms with Gasteiger partial charge in [0.2, 0.25) is 0 Å². The molecule has 0 rings (SSSR count). The van der Waals surface area contributed by atoms with E-state index in [2.05, 4.69) is 13.8 Å². The van der Waals surface area contributed by atoms with Gasteiger partial charge in [-0.1, -0.05) is 34.6 Å². The largest absolute Gasteiger partial charge is 0.390 e. The molecule has 2 atom stereocenters. The maximum atomic E-state index is 10.0. The van der Waals surface area contributed by atoms with Gasteiger partial charge in [0.1, 0.15) is 0 Å². The van der Waals surface area contributed by atoms with Gasteiger partial charge in [-0.05, 0) is 18.3 Å². The first-order valence-electron chi connectivity index (χ1n) is 5.10. The van der Waals surface area contributed by atoms with E-state index in [1.165, 1.54) is 0 Å². The van der Waals surface area contributed by atoms with Gasteiger partial charge >= 0.3 is 0 Å². The third-order valence-electron chi connectivity index (χ3n) is 2.21. The Bertz CT molecular complexity index is 136. The Morgan fingerprint density at radius 2 is 1.69 bits per heavy atom. The number of aliphatic hydroxyl groups is 1. The lowest BCUT2D eigenvalue weighted by atomic mass is 9.82. The molecule has 0 saturated heterocycles. The predicted molar refractivity (Wildman–Crippen MR) is 55.7 cm³/mol. The maximum Gasteiger partial charge on any atom is 0.0861 e. The van der Waals surface area contributed by atoms with Crippen molar-refractivity contribution in [2.45, 2.75) is 53.8 Å². The molecule has 0 saturated carbocycles. The lowest BCUT2D eigenvalue weighted by Gasteiger charge is -2.34. The van der Waals surface area contributed by atoms with E-state index in [1.807, 2.05) is 27.7 Å². The molecule has 0 bridgehead atoms. The van der Waals surface area contributed by atoms with Crippen LogP contribution < -0.4 is 0 Å². The first kappa shape index (κ1) is 12.9. The summed E-state index contributed by atoms with van der Waals surface area (Å²) in [5.74, 6) is 0.356. The SMILES string of the molecule is CCOC(C(C)C)C(O)C(C)(C)C. The van der Waals surface area contributed by atoms with Crippen LogP contribution in [0.4, 0.5) is 0 Å². The Balaban J connectivity index is 4.36. The molecule has 0 amide bonds. The van der Waals surface area contributed by atoms with Gasteiger partial charge in [0.15, 0.2) is 0 Å². The Hall–Kier alpha value is -0.0800. The van der Waals surface area contributed by atoms with Crippen molar-refractivity contribution in [3.63, 3.8) is 0 Å². The minimum atomic E-state index is -0.396. The number of ether oxygens (including phenoxy) is 1. The highest BCUT2D eigenvalue weighted by atomic mass is 16.5. The highest BCUT2D eigenvalue weighted by Crippen LogP contribution is 2.26. The quantitative estimate of drug-likeness (QED) is 0.734. The lowest BCUT2D eigenvalue weighted by molar-refractivity contribution is -0.0981. The van der Waals surface area contributed by atoms with E-state index >= 15 is 0 Å². The summed E-state index contributed by atoms with van der Waals surface area (Å²) in [4.78, 5) is 0. The van der Waals surface area contributed by atoms with Gasteiger partial charge in [0, 0.05) is 6.61 Å². The third kappa shape index (κ3) is 4.10. The molecule has 0 radical (unpaired) electrons. The van der Waals surface area contributed by atoms with Crippen LogP contribution in [-0.2, 0) is 4.74 Å². The molecule has 0 heterocycles. The van der Waals surface area contributed by atoms with Gasteiger partial charge in [-0.2, -0.15) is 0 Å². The van der Waals surface area contributed by atoms with Gasteiger partial charge in [-0.3, -0.25) is 0 Å². The van der Waals surface area contributed by atoms with Crippen LogP contribution in [0.5, 0.6) is 0 Å². The predicted octanol–water partition coefficient (Wildman–Crippen LogP) is 2.45. The van der Waals surface area contributed by atoms with Gasteiger partial charge in [-0.15, -0.1) is 0 Å². The fourth-order valence-electron chi connectivity index (χ4n) is 1.33. The second-order valence-electron chi connectivity index (χ2n) is 4.97. The average Bonchev–Trinajstić information content (AvgIpc) is 1.96. The smallest absolute Gasteiger partial charge is 0.0861 e. The highest BCUT2D eigenvalue weighted by molar-refractivity contribution is 4.82. The minimum absolute atomic E-state index is 0.0509. The molecule has 0 aliphatic heterocycles. The van der Waals surface area contributed by atoms with E-state index in [9.17, 15) is 5.11 Å². The first-order valence-corrected chi connectivity index (χ1v) is 5.10. The summed E-state index contributed by atoms with van der Waals surface area (Å²) >= 11 is 0. The zero-order valence-electron chi connectivity index (χ0n) is 9.79. The Morgan fingerprint density at radius 3 is 1.92 bits per heavy atom. The molecule has 2 heteroatoms. The molecule has 0 fully saturated rings. The van der Waals surface area contributed by atoms with Crippen molar-refractivity contribution >= 4 is 0 Å². The van der Waals surface area contributed by atoms with Crippen LogP contribution in [0.1, 0.15) is 41.5 Å². The van der Waals surface area contributed by atoms with Crippen molar-refractivity contribution in [1.82, 2.24) is 0 Å². The monoisotopic (exact) mass is 188 g/mol. The van der Waals surface area contributed by atoms with Crippen LogP contribution in [0.2, 0.25) is 0 Å². The van der Waals surface area contributed by atoms with Crippen molar-refractivity contribution in [1.29, 1.82) is 0 Å². The van der Waals surface area contributed by atoms with Crippen molar-refractivity contribution in [3.8, 4) is 0 Å². The van der Waals surface area contributed by atoms with E-state index in [0.29, 0.717) is 12.5 Å². The summed E-state index contributed by atoms with van der Waals surface area (Å²) in [5.41, 5.74) is -0.107. The van der Waals surface area contributed by atoms with Crippen LogP contribution in [0.25, 0.3) is 0 Å². The van der Waals surface area contributed by atoms with E-state index < -0.39 is 6.10 Å². The molecule has 1 N–H and O–H groups in total. The molecule has 2 nitrogen and oxygen atoms in total. The van der Waals surface area contributed by atoms with E-state index in [-0.39, 0.29) is 11.5 Å². The van der Waals surface area contributed by atoms with Crippen LogP contribution >= 0.6 is 0 Å². The summed E-state index contributed by atoms with van der Waals surface area (Å²) in [6.45, 7) is 12.9. The van der Waals surface area contributed by atoms with Crippen molar-refractivity contribution in [2.75, 3.05) is 6.61 Å². The van der Waals surface area contributed by atoms with Gasteiger partial charge in [0.05, 0.1) is 12.2 Å². The maximum absolute atomic E-state index is 10.0. The Kier molecular flexibility index (Phi) is 4.93. The third-order valence-corrected chi connectivity index (χ3v) is 2.21. The molecule has 13 heavy (non-hydrogen) atoms. The zero-order valence-corrected chi connectivity index (χ0v) is 9.79. The van der Waals surface area contributed by atoms with Crippen LogP contribution in [0.15, 0.2) is 0 Å². The summed E-state index contributed by atoms with van der Waals surface area (Å²) in [6.07, 6.45) is -0.447. The fraction of sp³-hybridized carbons (Fsp3) is 1.00. The van der Waals surface area contributed by atoms with Gasteiger partial charge in [-0.25, -0.2) is 0 Å². The van der Waals surface area contributed by atoms with Gasteiger partial charge < -0.3 is 9.84 Å². The molecule has 0 aliphatic carbocycles. The van der Waals surface area contributed by atoms with Crippen molar-refractivity contribution < 1.29 is 9.84 Å². The number of hydrogen-bond donors (Lipinski definition) is 1. The van der Waals surface area contributed by atoms with Crippen molar-refractivity contribution in [2.24, 2.45) is 11.3 Å². The number of aliphatic hydroxyl groups excluding tert-OH is 1. The lowest BCUT2D eigenvalue weighted by Crippen LogP contribution is -2.42. The topological polar surface area (TPSA) is 29.5 Å². The van der Waals surface area contributed by atoms with Crippen LogP contribution in [0, 0.1) is 11.3 Å². The summed E-state index contributed by atoms with van der Waals surface area (Å²) in [6, 6.07) is 0. The average molecular weight is 188 g/mol. The van der Waals surface area contributed by atoms with Crippen LogP contribution in [-0.4, -0.2) is 23.9 Å². The Morgan fingerprint density at radius 1 is 1.23 bits per heavy atom. The molecule has 2 unspecified atom stereocenters. The summed E-state index contributed by atoms with van der Waals surface area (Å²) in [5, 5.41) is 10.0. The number of rotatable bonds is 4. The fourth-order valence-corrected chi connectivity index (χ4v) is 1.33. The molecule has 0 aliphatic rings.